The van der Waals surface area contributed by atoms with Crippen LogP contribution in [0.2, 0.25) is 0 Å². The van der Waals surface area contributed by atoms with Crippen LogP contribution in [0, 0.1) is 5.92 Å². The van der Waals surface area contributed by atoms with E-state index < -0.39 is 11.7 Å². The third-order valence-electron chi connectivity index (χ3n) is 5.92. The number of hydrogen-bond acceptors (Lipinski definition) is 6. The first kappa shape index (κ1) is 24.3. The molecule has 1 aliphatic heterocycles. The molecule has 0 radical (unpaired) electrons. The van der Waals surface area contributed by atoms with Crippen molar-refractivity contribution >= 4 is 17.5 Å². The predicted molar refractivity (Wildman–Crippen MR) is 126 cm³/mol. The molecule has 1 amide bonds. The number of halogens is 3. The highest BCUT2D eigenvalue weighted by Crippen LogP contribution is 2.31. The van der Waals surface area contributed by atoms with Crippen molar-refractivity contribution in [2.45, 2.75) is 19.0 Å². The molecule has 1 aromatic heterocycles. The van der Waals surface area contributed by atoms with Gasteiger partial charge in [0.2, 0.25) is 11.9 Å². The molecule has 1 saturated heterocycles. The lowest BCUT2D eigenvalue weighted by Crippen LogP contribution is -2.39. The monoisotopic (exact) mass is 486 g/mol. The molecule has 0 spiro atoms. The standard InChI is InChI=1S/C25H25F3N4O3/c1-34-20-13-19(14-21(15-20)35-2)30-23(33)17-8-11-32(12-9-17)24-29-10-7-22(31-24)16-3-5-18(6-4-16)25(26,27)28/h3-7,10,13-15,17H,8-9,11-12H2,1-2H3,(H,30,33). The van der Waals surface area contributed by atoms with E-state index in [-0.39, 0.29) is 11.8 Å². The zero-order chi connectivity index (χ0) is 25.0. The largest absolute Gasteiger partial charge is 0.497 e. The zero-order valence-electron chi connectivity index (χ0n) is 19.3. The molecule has 0 atom stereocenters. The van der Waals surface area contributed by atoms with Gasteiger partial charge in [0.15, 0.2) is 0 Å². The summed E-state index contributed by atoms with van der Waals surface area (Å²) in [6, 6.07) is 11.7. The van der Waals surface area contributed by atoms with Crippen molar-refractivity contribution in [2.24, 2.45) is 5.92 Å². The topological polar surface area (TPSA) is 76.6 Å². The van der Waals surface area contributed by atoms with E-state index in [1.54, 1.807) is 44.7 Å². The Balaban J connectivity index is 1.39. The minimum Gasteiger partial charge on any atom is -0.497 e. The van der Waals surface area contributed by atoms with Gasteiger partial charge in [0.1, 0.15) is 11.5 Å². The average molecular weight is 486 g/mol. The summed E-state index contributed by atoms with van der Waals surface area (Å²) in [5.74, 6) is 1.39. The van der Waals surface area contributed by atoms with Crippen LogP contribution in [0.25, 0.3) is 11.3 Å². The molecule has 35 heavy (non-hydrogen) atoms. The van der Waals surface area contributed by atoms with E-state index in [4.69, 9.17) is 9.47 Å². The van der Waals surface area contributed by atoms with Gasteiger partial charge in [-0.3, -0.25) is 4.79 Å². The number of nitrogens with one attached hydrogen (secondary N) is 1. The molecule has 0 aliphatic carbocycles. The highest BCUT2D eigenvalue weighted by atomic mass is 19.4. The Morgan fingerprint density at radius 3 is 2.20 bits per heavy atom. The first-order chi connectivity index (χ1) is 16.8. The molecule has 3 aromatic rings. The van der Waals surface area contributed by atoms with Crippen molar-refractivity contribution in [1.82, 2.24) is 9.97 Å². The molecule has 2 heterocycles. The number of methoxy groups -OCH3 is 2. The van der Waals surface area contributed by atoms with Crippen molar-refractivity contribution in [1.29, 1.82) is 0 Å². The molecule has 1 fully saturated rings. The van der Waals surface area contributed by atoms with Gasteiger partial charge in [-0.2, -0.15) is 13.2 Å². The van der Waals surface area contributed by atoms with Crippen LogP contribution in [0.15, 0.2) is 54.7 Å². The van der Waals surface area contributed by atoms with Gasteiger partial charge < -0.3 is 19.7 Å². The van der Waals surface area contributed by atoms with Gasteiger partial charge in [-0.25, -0.2) is 9.97 Å². The fourth-order valence-corrected chi connectivity index (χ4v) is 3.96. The maximum Gasteiger partial charge on any atom is 0.416 e. The number of aromatic nitrogens is 2. The summed E-state index contributed by atoms with van der Waals surface area (Å²) in [7, 11) is 3.09. The smallest absolute Gasteiger partial charge is 0.416 e. The SMILES string of the molecule is COc1cc(NC(=O)C2CCN(c3nccc(-c4ccc(C(F)(F)F)cc4)n3)CC2)cc(OC)c1. The third-order valence-corrected chi connectivity index (χ3v) is 5.92. The number of anilines is 2. The first-order valence-corrected chi connectivity index (χ1v) is 11.1. The predicted octanol–water partition coefficient (Wildman–Crippen LogP) is 5.03. The number of amides is 1. The van der Waals surface area contributed by atoms with E-state index in [9.17, 15) is 18.0 Å². The molecule has 0 unspecified atom stereocenters. The Kier molecular flexibility index (Phi) is 7.09. The van der Waals surface area contributed by atoms with Gasteiger partial charge in [0.25, 0.3) is 0 Å². The molecule has 1 N–H and O–H groups in total. The van der Waals surface area contributed by atoms with Crippen molar-refractivity contribution in [3.05, 3.63) is 60.3 Å². The second-order valence-electron chi connectivity index (χ2n) is 8.17. The number of alkyl halides is 3. The second-order valence-corrected chi connectivity index (χ2v) is 8.17. The van der Waals surface area contributed by atoms with E-state index in [2.05, 4.69) is 15.3 Å². The normalized spacial score (nSPS) is 14.5. The number of nitrogens with zero attached hydrogens (tertiary/aromatic N) is 3. The maximum atomic E-state index is 12.8. The van der Waals surface area contributed by atoms with Crippen molar-refractivity contribution < 1.29 is 27.4 Å². The molecule has 0 bridgehead atoms. The van der Waals surface area contributed by atoms with Crippen molar-refractivity contribution in [3.63, 3.8) is 0 Å². The summed E-state index contributed by atoms with van der Waals surface area (Å²) >= 11 is 0. The lowest BCUT2D eigenvalue weighted by Gasteiger charge is -2.31. The molecular weight excluding hydrogens is 461 g/mol. The fourth-order valence-electron chi connectivity index (χ4n) is 3.96. The number of piperidine rings is 1. The number of hydrogen-bond donors (Lipinski definition) is 1. The van der Waals surface area contributed by atoms with Gasteiger partial charge >= 0.3 is 6.18 Å². The number of rotatable bonds is 6. The maximum absolute atomic E-state index is 12.8. The van der Waals surface area contributed by atoms with Gasteiger partial charge in [-0.15, -0.1) is 0 Å². The minimum atomic E-state index is -4.38. The van der Waals surface area contributed by atoms with E-state index in [1.165, 1.54) is 12.1 Å². The molecule has 7 nitrogen and oxygen atoms in total. The van der Waals surface area contributed by atoms with Gasteiger partial charge in [0, 0.05) is 54.7 Å². The summed E-state index contributed by atoms with van der Waals surface area (Å²) in [4.78, 5) is 23.7. The molecule has 10 heteroatoms. The van der Waals surface area contributed by atoms with E-state index in [1.807, 2.05) is 4.90 Å². The molecular formula is C25H25F3N4O3. The van der Waals surface area contributed by atoms with Crippen LogP contribution in [0.5, 0.6) is 11.5 Å². The van der Waals surface area contributed by atoms with Crippen LogP contribution in [-0.4, -0.2) is 43.2 Å². The summed E-state index contributed by atoms with van der Waals surface area (Å²) in [5, 5.41) is 2.93. The van der Waals surface area contributed by atoms with Crippen LogP contribution >= 0.6 is 0 Å². The summed E-state index contributed by atoms with van der Waals surface area (Å²) in [6.45, 7) is 1.16. The Hall–Kier alpha value is -3.82. The zero-order valence-corrected chi connectivity index (χ0v) is 19.3. The van der Waals surface area contributed by atoms with Crippen molar-refractivity contribution in [3.8, 4) is 22.8 Å². The molecule has 0 saturated carbocycles. The number of carbonyl (C=O) groups excluding carboxylic acids is 1. The first-order valence-electron chi connectivity index (χ1n) is 11.1. The van der Waals surface area contributed by atoms with E-state index in [0.717, 1.165) is 12.1 Å². The van der Waals surface area contributed by atoms with Crippen LogP contribution < -0.4 is 19.7 Å². The lowest BCUT2D eigenvalue weighted by molar-refractivity contribution is -0.137. The van der Waals surface area contributed by atoms with Crippen molar-refractivity contribution in [2.75, 3.05) is 37.5 Å². The summed E-state index contributed by atoms with van der Waals surface area (Å²) < 4.78 is 49.0. The highest BCUT2D eigenvalue weighted by Gasteiger charge is 2.30. The molecule has 2 aromatic carbocycles. The number of benzene rings is 2. The van der Waals surface area contributed by atoms with Crippen LogP contribution in [0.1, 0.15) is 18.4 Å². The van der Waals surface area contributed by atoms with Crippen LogP contribution in [0.3, 0.4) is 0 Å². The van der Waals surface area contributed by atoms with Crippen LogP contribution in [-0.2, 0) is 11.0 Å². The number of ether oxygens (including phenoxy) is 2. The molecule has 184 valence electrons. The third kappa shape index (κ3) is 5.82. The molecule has 4 rings (SSSR count). The van der Waals surface area contributed by atoms with Crippen LogP contribution in [0.4, 0.5) is 24.8 Å². The summed E-state index contributed by atoms with van der Waals surface area (Å²) in [5.41, 5.74) is 1.00. The number of carbonyl (C=O) groups is 1. The van der Waals surface area contributed by atoms with Gasteiger partial charge in [0.05, 0.1) is 25.5 Å². The second kappa shape index (κ2) is 10.2. The molecule has 1 aliphatic rings. The van der Waals surface area contributed by atoms with Gasteiger partial charge in [-0.05, 0) is 31.0 Å². The Morgan fingerprint density at radius 1 is 1.00 bits per heavy atom. The summed E-state index contributed by atoms with van der Waals surface area (Å²) in [6.07, 6.45) is -1.57. The van der Waals surface area contributed by atoms with E-state index in [0.29, 0.717) is 60.3 Å². The average Bonchev–Trinajstić information content (AvgIpc) is 2.88. The van der Waals surface area contributed by atoms with E-state index >= 15 is 0 Å². The Morgan fingerprint density at radius 2 is 1.63 bits per heavy atom. The fraction of sp³-hybridized carbons (Fsp3) is 0.320. The minimum absolute atomic E-state index is 0.0839. The Labute approximate surface area is 200 Å². The Bertz CT molecular complexity index is 1160. The quantitative estimate of drug-likeness (QED) is 0.527. The lowest BCUT2D eigenvalue weighted by atomic mass is 9.96. The highest BCUT2D eigenvalue weighted by molar-refractivity contribution is 5.93. The van der Waals surface area contributed by atoms with Gasteiger partial charge in [-0.1, -0.05) is 12.1 Å².